The van der Waals surface area contributed by atoms with Gasteiger partial charge in [0.25, 0.3) is 5.91 Å². The van der Waals surface area contributed by atoms with Crippen molar-refractivity contribution in [2.45, 2.75) is 6.54 Å². The molecule has 124 valence electrons. The lowest BCUT2D eigenvalue weighted by Gasteiger charge is -2.20. The van der Waals surface area contributed by atoms with Gasteiger partial charge in [-0.1, -0.05) is 42.5 Å². The maximum atomic E-state index is 12.8. The van der Waals surface area contributed by atoms with Gasteiger partial charge in [-0.2, -0.15) is 0 Å². The molecular formula is C19H19NO4. The maximum Gasteiger partial charge on any atom is 0.289 e. The first-order valence-electron chi connectivity index (χ1n) is 7.73. The highest BCUT2D eigenvalue weighted by molar-refractivity contribution is 5.97. The van der Waals surface area contributed by atoms with Crippen molar-refractivity contribution in [3.63, 3.8) is 0 Å². The van der Waals surface area contributed by atoms with E-state index in [0.29, 0.717) is 17.9 Å². The van der Waals surface area contributed by atoms with Crippen LogP contribution in [0.4, 0.5) is 0 Å². The predicted octanol–water partition coefficient (Wildman–Crippen LogP) is 3.08. The van der Waals surface area contributed by atoms with Gasteiger partial charge in [-0.05, 0) is 17.7 Å². The summed E-state index contributed by atoms with van der Waals surface area (Å²) in [6.07, 6.45) is 0. The first-order valence-corrected chi connectivity index (χ1v) is 7.73. The van der Waals surface area contributed by atoms with Crippen LogP contribution in [-0.4, -0.2) is 36.2 Å². The zero-order chi connectivity index (χ0) is 16.9. The lowest BCUT2D eigenvalue weighted by molar-refractivity contribution is 0.0678. The standard InChI is InChI=1S/C19H19NO4/c1-23-16-9-5-8-15-12-17(24-18(15)16)19(22)20(10-11-21)13-14-6-3-2-4-7-14/h2-9,12,21H,10-11,13H2,1H3. The molecule has 0 atom stereocenters. The Bertz CT molecular complexity index is 826. The van der Waals surface area contributed by atoms with Crippen molar-refractivity contribution in [3.05, 3.63) is 65.9 Å². The smallest absolute Gasteiger partial charge is 0.289 e. The van der Waals surface area contributed by atoms with Crippen molar-refractivity contribution in [2.75, 3.05) is 20.3 Å². The second-order valence-electron chi connectivity index (χ2n) is 5.43. The number of ether oxygens (including phenoxy) is 1. The minimum Gasteiger partial charge on any atom is -0.493 e. The summed E-state index contributed by atoms with van der Waals surface area (Å²) in [6.45, 7) is 0.540. The van der Waals surface area contributed by atoms with Crippen LogP contribution >= 0.6 is 0 Å². The largest absolute Gasteiger partial charge is 0.493 e. The van der Waals surface area contributed by atoms with Gasteiger partial charge < -0.3 is 19.2 Å². The van der Waals surface area contributed by atoms with Crippen LogP contribution in [0.15, 0.2) is 59.0 Å². The maximum absolute atomic E-state index is 12.8. The predicted molar refractivity (Wildman–Crippen MR) is 91.0 cm³/mol. The molecule has 3 aromatic rings. The fourth-order valence-corrected chi connectivity index (χ4v) is 2.64. The van der Waals surface area contributed by atoms with Crippen LogP contribution in [0.5, 0.6) is 5.75 Å². The van der Waals surface area contributed by atoms with Crippen LogP contribution in [0.25, 0.3) is 11.0 Å². The minimum atomic E-state index is -0.258. The molecule has 1 heterocycles. The first-order chi connectivity index (χ1) is 11.7. The highest BCUT2D eigenvalue weighted by Crippen LogP contribution is 2.29. The van der Waals surface area contributed by atoms with Crippen molar-refractivity contribution >= 4 is 16.9 Å². The second-order valence-corrected chi connectivity index (χ2v) is 5.43. The summed E-state index contributed by atoms with van der Waals surface area (Å²) in [5.74, 6) is 0.563. The number of amides is 1. The van der Waals surface area contributed by atoms with E-state index in [0.717, 1.165) is 10.9 Å². The summed E-state index contributed by atoms with van der Waals surface area (Å²) in [7, 11) is 1.56. The Balaban J connectivity index is 1.89. The van der Waals surface area contributed by atoms with Gasteiger partial charge in [0.1, 0.15) is 0 Å². The Hall–Kier alpha value is -2.79. The highest BCUT2D eigenvalue weighted by atomic mass is 16.5. The summed E-state index contributed by atoms with van der Waals surface area (Å²) in [5, 5.41) is 10.1. The normalized spacial score (nSPS) is 10.8. The molecule has 5 heteroatoms. The van der Waals surface area contributed by atoms with Gasteiger partial charge in [0.05, 0.1) is 13.7 Å². The molecule has 0 spiro atoms. The summed E-state index contributed by atoms with van der Waals surface area (Å²) in [6, 6.07) is 16.9. The van der Waals surface area contributed by atoms with Crippen LogP contribution in [0.2, 0.25) is 0 Å². The number of hydrogen-bond donors (Lipinski definition) is 1. The zero-order valence-corrected chi connectivity index (χ0v) is 13.4. The molecule has 1 aromatic heterocycles. The number of methoxy groups -OCH3 is 1. The number of aliphatic hydroxyl groups excluding tert-OH is 1. The minimum absolute atomic E-state index is 0.109. The zero-order valence-electron chi connectivity index (χ0n) is 13.4. The molecule has 0 saturated heterocycles. The molecule has 0 saturated carbocycles. The third-order valence-corrected chi connectivity index (χ3v) is 3.81. The van der Waals surface area contributed by atoms with E-state index in [4.69, 9.17) is 9.15 Å². The number of carbonyl (C=O) groups excluding carboxylic acids is 1. The molecule has 0 fully saturated rings. The molecule has 5 nitrogen and oxygen atoms in total. The summed E-state index contributed by atoms with van der Waals surface area (Å²) >= 11 is 0. The summed E-state index contributed by atoms with van der Waals surface area (Å²) in [5.41, 5.74) is 1.54. The van der Waals surface area contributed by atoms with E-state index in [1.54, 1.807) is 24.1 Å². The van der Waals surface area contributed by atoms with Gasteiger partial charge in [0.2, 0.25) is 0 Å². The molecule has 0 radical (unpaired) electrons. The highest BCUT2D eigenvalue weighted by Gasteiger charge is 2.21. The third kappa shape index (κ3) is 3.26. The lowest BCUT2D eigenvalue weighted by atomic mass is 10.2. The van der Waals surface area contributed by atoms with Crippen LogP contribution in [-0.2, 0) is 6.54 Å². The van der Waals surface area contributed by atoms with E-state index in [1.807, 2.05) is 42.5 Å². The molecule has 24 heavy (non-hydrogen) atoms. The Kier molecular flexibility index (Phi) is 4.82. The summed E-state index contributed by atoms with van der Waals surface area (Å²) in [4.78, 5) is 14.4. The number of rotatable bonds is 6. The van der Waals surface area contributed by atoms with E-state index in [2.05, 4.69) is 0 Å². The van der Waals surface area contributed by atoms with E-state index in [1.165, 1.54) is 0 Å². The number of nitrogens with zero attached hydrogens (tertiary/aromatic N) is 1. The van der Waals surface area contributed by atoms with E-state index < -0.39 is 0 Å². The second kappa shape index (κ2) is 7.19. The van der Waals surface area contributed by atoms with Crippen LogP contribution < -0.4 is 4.74 Å². The average Bonchev–Trinajstić information content (AvgIpc) is 3.06. The Labute approximate surface area is 140 Å². The van der Waals surface area contributed by atoms with Gasteiger partial charge in [0.15, 0.2) is 17.1 Å². The topological polar surface area (TPSA) is 62.9 Å². The fraction of sp³-hybridized carbons (Fsp3) is 0.211. The van der Waals surface area contributed by atoms with Gasteiger partial charge >= 0.3 is 0 Å². The van der Waals surface area contributed by atoms with Crippen LogP contribution in [0.1, 0.15) is 16.1 Å². The van der Waals surface area contributed by atoms with E-state index >= 15 is 0 Å². The molecule has 0 aliphatic heterocycles. The molecule has 1 amide bonds. The number of fused-ring (bicyclic) bond motifs is 1. The molecule has 0 aliphatic carbocycles. The monoisotopic (exact) mass is 325 g/mol. The Morgan fingerprint density at radius 1 is 1.17 bits per heavy atom. The van der Waals surface area contributed by atoms with Crippen molar-refractivity contribution in [1.29, 1.82) is 0 Å². The number of aliphatic hydroxyl groups is 1. The number of furan rings is 1. The lowest BCUT2D eigenvalue weighted by Crippen LogP contribution is -2.32. The third-order valence-electron chi connectivity index (χ3n) is 3.81. The van der Waals surface area contributed by atoms with Crippen molar-refractivity contribution in [3.8, 4) is 5.75 Å². The number of carbonyl (C=O) groups is 1. The molecule has 1 N–H and O–H groups in total. The number of hydrogen-bond acceptors (Lipinski definition) is 4. The molecule has 0 aliphatic rings. The first kappa shape index (κ1) is 16.1. The van der Waals surface area contributed by atoms with Crippen molar-refractivity contribution in [2.24, 2.45) is 0 Å². The van der Waals surface area contributed by atoms with Crippen LogP contribution in [0, 0.1) is 0 Å². The summed E-state index contributed by atoms with van der Waals surface area (Å²) < 4.78 is 11.0. The average molecular weight is 325 g/mol. The van der Waals surface area contributed by atoms with Gasteiger partial charge in [-0.15, -0.1) is 0 Å². The Morgan fingerprint density at radius 2 is 1.96 bits per heavy atom. The van der Waals surface area contributed by atoms with Crippen molar-refractivity contribution in [1.82, 2.24) is 4.90 Å². The molecule has 2 aromatic carbocycles. The van der Waals surface area contributed by atoms with E-state index in [-0.39, 0.29) is 24.8 Å². The molecule has 3 rings (SSSR count). The van der Waals surface area contributed by atoms with E-state index in [9.17, 15) is 9.90 Å². The quantitative estimate of drug-likeness (QED) is 0.756. The molecule has 0 bridgehead atoms. The Morgan fingerprint density at radius 3 is 2.67 bits per heavy atom. The van der Waals surface area contributed by atoms with Gasteiger partial charge in [0, 0.05) is 18.5 Å². The molecular weight excluding hydrogens is 306 g/mol. The number of benzene rings is 2. The van der Waals surface area contributed by atoms with Crippen LogP contribution in [0.3, 0.4) is 0 Å². The van der Waals surface area contributed by atoms with Crippen molar-refractivity contribution < 1.29 is 19.1 Å². The van der Waals surface area contributed by atoms with Gasteiger partial charge in [-0.25, -0.2) is 0 Å². The SMILES string of the molecule is COc1cccc2cc(C(=O)N(CCO)Cc3ccccc3)oc12. The fourth-order valence-electron chi connectivity index (χ4n) is 2.64. The van der Waals surface area contributed by atoms with Gasteiger partial charge in [-0.3, -0.25) is 4.79 Å². The molecule has 0 unspecified atom stereocenters. The number of para-hydroxylation sites is 1.